The van der Waals surface area contributed by atoms with Gasteiger partial charge in [0, 0.05) is 29.3 Å². The maximum atomic E-state index is 12.6. The Bertz CT molecular complexity index is 705. The Balaban J connectivity index is 1.59. The van der Waals surface area contributed by atoms with Gasteiger partial charge in [-0.15, -0.1) is 22.7 Å². The summed E-state index contributed by atoms with van der Waals surface area (Å²) in [6.45, 7) is 0. The Labute approximate surface area is 149 Å². The van der Waals surface area contributed by atoms with E-state index >= 15 is 0 Å². The number of thiazole rings is 2. The number of aromatic nitrogens is 2. The van der Waals surface area contributed by atoms with E-state index in [1.807, 2.05) is 5.38 Å². The lowest BCUT2D eigenvalue weighted by atomic mass is 10.1. The van der Waals surface area contributed by atoms with Crippen molar-refractivity contribution in [1.29, 1.82) is 0 Å². The molecule has 5 nitrogen and oxygen atoms in total. The first-order valence-electron chi connectivity index (χ1n) is 8.19. The molecular formula is C17H20N2O3S2. The van der Waals surface area contributed by atoms with E-state index in [-0.39, 0.29) is 11.8 Å². The first-order chi connectivity index (χ1) is 11.7. The molecule has 2 aromatic rings. The van der Waals surface area contributed by atoms with Crippen LogP contribution < -0.4 is 0 Å². The summed E-state index contributed by atoms with van der Waals surface area (Å²) in [5, 5.41) is 3.68. The van der Waals surface area contributed by atoms with Gasteiger partial charge < -0.3 is 4.74 Å². The lowest BCUT2D eigenvalue weighted by molar-refractivity contribution is -0.140. The third-order valence-corrected chi connectivity index (χ3v) is 6.13. The molecule has 1 fully saturated rings. The predicted octanol–water partition coefficient (Wildman–Crippen LogP) is 4.45. The fourth-order valence-electron chi connectivity index (χ4n) is 2.53. The zero-order chi connectivity index (χ0) is 16.9. The molecule has 0 bridgehead atoms. The summed E-state index contributed by atoms with van der Waals surface area (Å²) in [5.41, 5.74) is 0.653. The number of esters is 1. The van der Waals surface area contributed by atoms with E-state index in [4.69, 9.17) is 0 Å². The van der Waals surface area contributed by atoms with Gasteiger partial charge in [-0.3, -0.25) is 9.59 Å². The third kappa shape index (κ3) is 4.27. The van der Waals surface area contributed by atoms with Crippen LogP contribution >= 0.6 is 22.7 Å². The van der Waals surface area contributed by atoms with E-state index in [1.54, 1.807) is 28.9 Å². The molecule has 1 aliphatic carbocycles. The summed E-state index contributed by atoms with van der Waals surface area (Å²) in [7, 11) is 1.40. The van der Waals surface area contributed by atoms with Crippen molar-refractivity contribution in [1.82, 2.24) is 9.97 Å². The Kier molecular flexibility index (Phi) is 5.73. The second-order valence-corrected chi connectivity index (χ2v) is 7.83. The molecule has 0 N–H and O–H groups in total. The standard InChI is InChI=1S/C17H20N2O3S2/c1-22-13(21)6-4-2-3-5-12(20)14-15(11-7-8-11)24-17(19-14)16-18-9-10-23-16/h9-11H,2-8H2,1H3. The molecule has 0 aliphatic heterocycles. The number of hydrogen-bond acceptors (Lipinski definition) is 7. The normalized spacial score (nSPS) is 13.9. The first kappa shape index (κ1) is 17.2. The van der Waals surface area contributed by atoms with Crippen LogP contribution in [0.4, 0.5) is 0 Å². The molecule has 2 heterocycles. The highest BCUT2D eigenvalue weighted by molar-refractivity contribution is 7.20. The zero-order valence-electron chi connectivity index (χ0n) is 13.6. The van der Waals surface area contributed by atoms with E-state index < -0.39 is 0 Å². The molecule has 3 rings (SSSR count). The zero-order valence-corrected chi connectivity index (χ0v) is 15.3. The average molecular weight is 364 g/mol. The summed E-state index contributed by atoms with van der Waals surface area (Å²) in [6, 6.07) is 0. The SMILES string of the molecule is COC(=O)CCCCCC(=O)c1nc(-c2nccs2)sc1C1CC1. The molecule has 128 valence electrons. The number of ether oxygens (including phenoxy) is 1. The minimum absolute atomic E-state index is 0.119. The molecular weight excluding hydrogens is 344 g/mol. The molecule has 7 heteroatoms. The van der Waals surface area contributed by atoms with Crippen molar-refractivity contribution in [3.05, 3.63) is 22.1 Å². The van der Waals surface area contributed by atoms with Crippen LogP contribution in [0.25, 0.3) is 10.0 Å². The van der Waals surface area contributed by atoms with Gasteiger partial charge in [-0.1, -0.05) is 6.42 Å². The topological polar surface area (TPSA) is 69.2 Å². The fourth-order valence-corrected chi connectivity index (χ4v) is 4.46. The largest absolute Gasteiger partial charge is 0.469 e. The number of hydrogen-bond donors (Lipinski definition) is 0. The van der Waals surface area contributed by atoms with Crippen molar-refractivity contribution in [2.75, 3.05) is 7.11 Å². The number of carbonyl (C=O) groups is 2. The third-order valence-electron chi connectivity index (χ3n) is 3.99. The summed E-state index contributed by atoms with van der Waals surface area (Å²) in [4.78, 5) is 33.7. The molecule has 0 saturated heterocycles. The fraction of sp³-hybridized carbons (Fsp3) is 0.529. The van der Waals surface area contributed by atoms with Crippen LogP contribution in [0.1, 0.15) is 66.2 Å². The van der Waals surface area contributed by atoms with E-state index in [1.165, 1.54) is 7.11 Å². The smallest absolute Gasteiger partial charge is 0.305 e. The number of unbranched alkanes of at least 4 members (excludes halogenated alkanes) is 2. The Hall–Kier alpha value is -1.60. The van der Waals surface area contributed by atoms with Gasteiger partial charge in [0.1, 0.15) is 5.69 Å². The molecule has 0 radical (unpaired) electrons. The van der Waals surface area contributed by atoms with Gasteiger partial charge in [-0.25, -0.2) is 9.97 Å². The number of ketones is 1. The molecule has 0 spiro atoms. The minimum Gasteiger partial charge on any atom is -0.469 e. The lowest BCUT2D eigenvalue weighted by Crippen LogP contribution is -2.03. The van der Waals surface area contributed by atoms with Crippen LogP contribution in [0, 0.1) is 0 Å². The number of Topliss-reactive ketones (excluding diaryl/α,β-unsaturated/α-hetero) is 1. The van der Waals surface area contributed by atoms with E-state index in [9.17, 15) is 9.59 Å². The Morgan fingerprint density at radius 3 is 2.67 bits per heavy atom. The van der Waals surface area contributed by atoms with Crippen LogP contribution in [0.5, 0.6) is 0 Å². The molecule has 0 unspecified atom stereocenters. The molecule has 1 aliphatic rings. The Morgan fingerprint density at radius 1 is 1.21 bits per heavy atom. The van der Waals surface area contributed by atoms with E-state index in [0.717, 1.165) is 47.0 Å². The summed E-state index contributed by atoms with van der Waals surface area (Å²) in [6.07, 6.45) is 7.37. The second-order valence-electron chi connectivity index (χ2n) is 5.90. The molecule has 2 aromatic heterocycles. The van der Waals surface area contributed by atoms with E-state index in [2.05, 4.69) is 14.7 Å². The highest BCUT2D eigenvalue weighted by atomic mass is 32.1. The highest BCUT2D eigenvalue weighted by Crippen LogP contribution is 2.46. The quantitative estimate of drug-likeness (QED) is 0.373. The number of rotatable bonds is 9. The van der Waals surface area contributed by atoms with Gasteiger partial charge in [0.25, 0.3) is 0 Å². The van der Waals surface area contributed by atoms with Gasteiger partial charge >= 0.3 is 5.97 Å². The van der Waals surface area contributed by atoms with Gasteiger partial charge in [0.2, 0.25) is 0 Å². The van der Waals surface area contributed by atoms with Gasteiger partial charge in [0.15, 0.2) is 15.8 Å². The van der Waals surface area contributed by atoms with Crippen LogP contribution in [0.3, 0.4) is 0 Å². The van der Waals surface area contributed by atoms with Gasteiger partial charge in [-0.05, 0) is 31.6 Å². The van der Waals surface area contributed by atoms with Crippen LogP contribution in [-0.2, 0) is 9.53 Å². The van der Waals surface area contributed by atoms with Gasteiger partial charge in [-0.2, -0.15) is 0 Å². The van der Waals surface area contributed by atoms with Gasteiger partial charge in [0.05, 0.1) is 7.11 Å². The van der Waals surface area contributed by atoms with Crippen molar-refractivity contribution < 1.29 is 14.3 Å². The first-order valence-corrected chi connectivity index (χ1v) is 9.89. The number of carbonyl (C=O) groups excluding carboxylic acids is 2. The molecule has 0 aromatic carbocycles. The summed E-state index contributed by atoms with van der Waals surface area (Å²) in [5.74, 6) is 0.438. The summed E-state index contributed by atoms with van der Waals surface area (Å²) < 4.78 is 4.61. The molecule has 1 saturated carbocycles. The second kappa shape index (κ2) is 7.98. The maximum absolute atomic E-state index is 12.6. The Morgan fingerprint density at radius 2 is 2.00 bits per heavy atom. The van der Waals surface area contributed by atoms with Crippen molar-refractivity contribution in [2.24, 2.45) is 0 Å². The minimum atomic E-state index is -0.190. The van der Waals surface area contributed by atoms with Crippen molar-refractivity contribution >= 4 is 34.4 Å². The predicted molar refractivity (Wildman–Crippen MR) is 94.6 cm³/mol. The number of methoxy groups -OCH3 is 1. The highest BCUT2D eigenvalue weighted by Gasteiger charge is 2.32. The van der Waals surface area contributed by atoms with Crippen molar-refractivity contribution in [3.63, 3.8) is 0 Å². The van der Waals surface area contributed by atoms with E-state index in [0.29, 0.717) is 24.5 Å². The molecule has 0 amide bonds. The van der Waals surface area contributed by atoms with Crippen LogP contribution in [0.2, 0.25) is 0 Å². The van der Waals surface area contributed by atoms with Crippen molar-refractivity contribution in [2.45, 2.75) is 50.9 Å². The monoisotopic (exact) mass is 364 g/mol. The molecule has 0 atom stereocenters. The maximum Gasteiger partial charge on any atom is 0.305 e. The lowest BCUT2D eigenvalue weighted by Gasteiger charge is -2.01. The van der Waals surface area contributed by atoms with Crippen LogP contribution in [0.15, 0.2) is 11.6 Å². The molecule has 24 heavy (non-hydrogen) atoms. The average Bonchev–Trinajstić information content (AvgIpc) is 3.12. The summed E-state index contributed by atoms with van der Waals surface area (Å²) >= 11 is 3.17. The van der Waals surface area contributed by atoms with Crippen LogP contribution in [-0.4, -0.2) is 28.8 Å². The number of nitrogens with zero attached hydrogens (tertiary/aromatic N) is 2. The van der Waals surface area contributed by atoms with Crippen molar-refractivity contribution in [3.8, 4) is 10.0 Å².